The number of anilines is 1. The number of aliphatic hydroxyl groups excluding tert-OH is 1. The van der Waals surface area contributed by atoms with E-state index in [1.54, 1.807) is 11.3 Å². The molecule has 0 fully saturated rings. The van der Waals surface area contributed by atoms with Gasteiger partial charge in [-0.15, -0.1) is 11.3 Å². The summed E-state index contributed by atoms with van der Waals surface area (Å²) >= 11 is 4.93. The van der Waals surface area contributed by atoms with Crippen molar-refractivity contribution in [1.29, 1.82) is 0 Å². The first-order chi connectivity index (χ1) is 8.58. The van der Waals surface area contributed by atoms with E-state index in [4.69, 9.17) is 0 Å². The topological polar surface area (TPSA) is 32.3 Å². The Hall–Kier alpha value is -0.910. The number of rotatable bonds is 4. The molecule has 0 spiro atoms. The highest BCUT2D eigenvalue weighted by molar-refractivity contribution is 9.10. The van der Waals surface area contributed by atoms with Gasteiger partial charge in [0.05, 0.1) is 12.6 Å². The molecular weight excluding hydrogens is 317 g/mol. The molecule has 0 amide bonds. The van der Waals surface area contributed by atoms with Crippen LogP contribution in [0.2, 0.25) is 0 Å². The van der Waals surface area contributed by atoms with Gasteiger partial charge < -0.3 is 10.4 Å². The van der Waals surface area contributed by atoms with Crippen molar-refractivity contribution in [2.45, 2.75) is 13.0 Å². The van der Waals surface area contributed by atoms with E-state index >= 15 is 0 Å². The first kappa shape index (κ1) is 13.5. The van der Waals surface area contributed by atoms with E-state index in [9.17, 15) is 9.50 Å². The van der Waals surface area contributed by atoms with Crippen LogP contribution in [0.25, 0.3) is 0 Å². The summed E-state index contributed by atoms with van der Waals surface area (Å²) in [6, 6.07) is 6.49. The summed E-state index contributed by atoms with van der Waals surface area (Å²) in [6.07, 6.45) is 0. The van der Waals surface area contributed by atoms with Crippen molar-refractivity contribution in [3.05, 3.63) is 50.4 Å². The maximum absolute atomic E-state index is 13.3. The Kier molecular flexibility index (Phi) is 4.37. The first-order valence-electron chi connectivity index (χ1n) is 5.47. The SMILES string of the molecule is Cc1cc(F)cc(NC(CO)c2cc(Br)cs2)c1. The molecule has 0 aliphatic rings. The molecular formula is C13H13BrFNOS. The van der Waals surface area contributed by atoms with Crippen molar-refractivity contribution in [2.24, 2.45) is 0 Å². The van der Waals surface area contributed by atoms with Gasteiger partial charge in [-0.05, 0) is 52.7 Å². The second-order valence-electron chi connectivity index (χ2n) is 4.06. The fourth-order valence-corrected chi connectivity index (χ4v) is 3.23. The van der Waals surface area contributed by atoms with Gasteiger partial charge in [-0.3, -0.25) is 0 Å². The van der Waals surface area contributed by atoms with Crippen LogP contribution in [0.1, 0.15) is 16.5 Å². The zero-order valence-corrected chi connectivity index (χ0v) is 12.2. The van der Waals surface area contributed by atoms with Crippen LogP contribution in [-0.2, 0) is 0 Å². The highest BCUT2D eigenvalue weighted by Gasteiger charge is 2.13. The summed E-state index contributed by atoms with van der Waals surface area (Å²) in [6.45, 7) is 1.80. The average molecular weight is 330 g/mol. The Balaban J connectivity index is 2.20. The van der Waals surface area contributed by atoms with Gasteiger partial charge >= 0.3 is 0 Å². The molecule has 1 atom stereocenters. The lowest BCUT2D eigenvalue weighted by atomic mass is 10.2. The lowest BCUT2D eigenvalue weighted by Gasteiger charge is -2.16. The quantitative estimate of drug-likeness (QED) is 0.884. The Labute approximate surface area is 118 Å². The Morgan fingerprint density at radius 2 is 2.17 bits per heavy atom. The Morgan fingerprint density at radius 3 is 2.72 bits per heavy atom. The molecule has 2 nitrogen and oxygen atoms in total. The van der Waals surface area contributed by atoms with Gasteiger partial charge in [0.2, 0.25) is 0 Å². The zero-order chi connectivity index (χ0) is 13.1. The zero-order valence-electron chi connectivity index (χ0n) is 9.78. The van der Waals surface area contributed by atoms with Crippen molar-refractivity contribution in [3.8, 4) is 0 Å². The van der Waals surface area contributed by atoms with Crippen molar-refractivity contribution < 1.29 is 9.50 Å². The summed E-state index contributed by atoms with van der Waals surface area (Å²) in [5.74, 6) is -0.276. The van der Waals surface area contributed by atoms with E-state index in [1.807, 2.05) is 24.4 Å². The minimum atomic E-state index is -0.276. The predicted molar refractivity (Wildman–Crippen MR) is 76.6 cm³/mol. The Morgan fingerprint density at radius 1 is 1.39 bits per heavy atom. The largest absolute Gasteiger partial charge is 0.394 e. The number of halogens is 2. The van der Waals surface area contributed by atoms with Crippen LogP contribution in [0.15, 0.2) is 34.1 Å². The highest BCUT2D eigenvalue weighted by atomic mass is 79.9. The average Bonchev–Trinajstić information content (AvgIpc) is 2.71. The fourth-order valence-electron chi connectivity index (χ4n) is 1.74. The molecule has 0 aliphatic heterocycles. The molecule has 1 aromatic carbocycles. The van der Waals surface area contributed by atoms with Crippen LogP contribution in [0, 0.1) is 12.7 Å². The molecule has 96 valence electrons. The van der Waals surface area contributed by atoms with E-state index < -0.39 is 0 Å². The number of aryl methyl sites for hydroxylation is 1. The normalized spacial score (nSPS) is 12.4. The second kappa shape index (κ2) is 5.82. The van der Waals surface area contributed by atoms with Crippen LogP contribution >= 0.6 is 27.3 Å². The monoisotopic (exact) mass is 329 g/mol. The summed E-state index contributed by atoms with van der Waals surface area (Å²) in [5, 5.41) is 14.5. The molecule has 2 rings (SSSR count). The maximum atomic E-state index is 13.3. The molecule has 18 heavy (non-hydrogen) atoms. The second-order valence-corrected chi connectivity index (χ2v) is 5.92. The van der Waals surface area contributed by atoms with Crippen molar-refractivity contribution in [2.75, 3.05) is 11.9 Å². The standard InChI is InChI=1S/C13H13BrFNOS/c1-8-2-10(15)5-11(3-8)16-12(6-17)13-4-9(14)7-18-13/h2-5,7,12,16-17H,6H2,1H3. The molecule has 0 saturated heterocycles. The number of nitrogens with one attached hydrogen (secondary N) is 1. The number of benzene rings is 1. The van der Waals surface area contributed by atoms with E-state index in [0.29, 0.717) is 5.69 Å². The Bertz CT molecular complexity index is 523. The van der Waals surface area contributed by atoms with Crippen LogP contribution in [0.4, 0.5) is 10.1 Å². The van der Waals surface area contributed by atoms with Gasteiger partial charge in [0.15, 0.2) is 0 Å². The first-order valence-corrected chi connectivity index (χ1v) is 7.14. The summed E-state index contributed by atoms with van der Waals surface area (Å²) in [4.78, 5) is 1.01. The lowest BCUT2D eigenvalue weighted by molar-refractivity contribution is 0.277. The van der Waals surface area contributed by atoms with Gasteiger partial charge in [-0.2, -0.15) is 0 Å². The molecule has 5 heteroatoms. The van der Waals surface area contributed by atoms with Gasteiger partial charge in [0, 0.05) is 20.4 Å². The molecule has 2 N–H and O–H groups in total. The number of thiophene rings is 1. The highest BCUT2D eigenvalue weighted by Crippen LogP contribution is 2.28. The third-order valence-corrected chi connectivity index (χ3v) is 4.30. The van der Waals surface area contributed by atoms with E-state index in [2.05, 4.69) is 21.2 Å². The van der Waals surface area contributed by atoms with Gasteiger partial charge in [0.1, 0.15) is 5.82 Å². The fraction of sp³-hybridized carbons (Fsp3) is 0.231. The number of hydrogen-bond donors (Lipinski definition) is 2. The molecule has 0 bridgehead atoms. The predicted octanol–water partition coefficient (Wildman–Crippen LogP) is 4.10. The van der Waals surface area contributed by atoms with Crippen molar-refractivity contribution in [3.63, 3.8) is 0 Å². The maximum Gasteiger partial charge on any atom is 0.125 e. The molecule has 0 saturated carbocycles. The van der Waals surface area contributed by atoms with Crippen LogP contribution < -0.4 is 5.32 Å². The summed E-state index contributed by atoms with van der Waals surface area (Å²) < 4.78 is 14.3. The summed E-state index contributed by atoms with van der Waals surface area (Å²) in [5.41, 5.74) is 1.53. The molecule has 0 aliphatic carbocycles. The smallest absolute Gasteiger partial charge is 0.125 e. The third kappa shape index (κ3) is 3.31. The number of aliphatic hydroxyl groups is 1. The van der Waals surface area contributed by atoms with E-state index in [1.165, 1.54) is 12.1 Å². The molecule has 1 heterocycles. The minimum Gasteiger partial charge on any atom is -0.394 e. The van der Waals surface area contributed by atoms with E-state index in [-0.39, 0.29) is 18.5 Å². The van der Waals surface area contributed by atoms with E-state index in [0.717, 1.165) is 14.9 Å². The number of hydrogen-bond acceptors (Lipinski definition) is 3. The van der Waals surface area contributed by atoms with Crippen LogP contribution in [0.3, 0.4) is 0 Å². The summed E-state index contributed by atoms with van der Waals surface area (Å²) in [7, 11) is 0. The van der Waals surface area contributed by atoms with Crippen molar-refractivity contribution in [1.82, 2.24) is 0 Å². The minimum absolute atomic E-state index is 0.0392. The lowest BCUT2D eigenvalue weighted by Crippen LogP contribution is -2.13. The third-order valence-electron chi connectivity index (χ3n) is 2.50. The van der Waals surface area contributed by atoms with Crippen LogP contribution in [0.5, 0.6) is 0 Å². The van der Waals surface area contributed by atoms with Gasteiger partial charge in [-0.1, -0.05) is 0 Å². The molecule has 2 aromatic rings. The van der Waals surface area contributed by atoms with Gasteiger partial charge in [-0.25, -0.2) is 4.39 Å². The van der Waals surface area contributed by atoms with Crippen molar-refractivity contribution >= 4 is 33.0 Å². The molecule has 0 radical (unpaired) electrons. The molecule has 1 unspecified atom stereocenters. The molecule has 1 aromatic heterocycles. The van der Waals surface area contributed by atoms with Crippen LogP contribution in [-0.4, -0.2) is 11.7 Å². The van der Waals surface area contributed by atoms with Gasteiger partial charge in [0.25, 0.3) is 0 Å².